The molecule has 1 aliphatic heterocycles. The second-order valence-corrected chi connectivity index (χ2v) is 7.01. The number of methoxy groups -OCH3 is 1. The van der Waals surface area contributed by atoms with E-state index in [1.807, 2.05) is 39.6 Å². The van der Waals surface area contributed by atoms with E-state index < -0.39 is 0 Å². The van der Waals surface area contributed by atoms with Gasteiger partial charge in [-0.05, 0) is 49.3 Å². The van der Waals surface area contributed by atoms with Gasteiger partial charge >= 0.3 is 0 Å². The molecule has 0 N–H and O–H groups in total. The number of aromatic nitrogens is 3. The molecular formula is C18H23ClN4OS. The van der Waals surface area contributed by atoms with Gasteiger partial charge in [-0.1, -0.05) is 17.7 Å². The van der Waals surface area contributed by atoms with E-state index in [9.17, 15) is 0 Å². The molecule has 2 aromatic rings. The van der Waals surface area contributed by atoms with Gasteiger partial charge in [0.2, 0.25) is 0 Å². The summed E-state index contributed by atoms with van der Waals surface area (Å²) in [7, 11) is 1.78. The second kappa shape index (κ2) is 8.27. The first-order valence-corrected chi connectivity index (χ1v) is 9.20. The average molecular weight is 379 g/mol. The van der Waals surface area contributed by atoms with Gasteiger partial charge in [0, 0.05) is 37.3 Å². The lowest BCUT2D eigenvalue weighted by molar-refractivity contribution is 0.0301. The molecule has 5 nitrogen and oxygen atoms in total. The zero-order chi connectivity index (χ0) is 17.8. The number of likely N-dealkylation sites (tertiary alicyclic amines) is 1. The normalized spacial score (nSPS) is 16.2. The Bertz CT molecular complexity index is 775. The van der Waals surface area contributed by atoms with Crippen LogP contribution < -0.4 is 0 Å². The van der Waals surface area contributed by atoms with Gasteiger partial charge in [-0.25, -0.2) is 4.68 Å². The minimum Gasteiger partial charge on any atom is -0.381 e. The van der Waals surface area contributed by atoms with Crippen LogP contribution in [0.2, 0.25) is 5.02 Å². The summed E-state index contributed by atoms with van der Waals surface area (Å²) in [6, 6.07) is 7.67. The summed E-state index contributed by atoms with van der Waals surface area (Å²) in [6.07, 6.45) is 4.29. The van der Waals surface area contributed by atoms with Gasteiger partial charge in [-0.2, -0.15) is 5.10 Å². The number of ether oxygens (including phenoxy) is 1. The summed E-state index contributed by atoms with van der Waals surface area (Å²) < 4.78 is 10.1. The Morgan fingerprint density at radius 3 is 2.60 bits per heavy atom. The first kappa shape index (κ1) is 18.3. The third-order valence-corrected chi connectivity index (χ3v) is 5.22. The fourth-order valence-corrected chi connectivity index (χ4v) is 3.50. The number of piperidine rings is 1. The number of hydrogen-bond acceptors (Lipinski definition) is 4. The fraction of sp³-hybridized carbons (Fsp3) is 0.444. The van der Waals surface area contributed by atoms with Crippen LogP contribution in [-0.4, -0.2) is 45.6 Å². The lowest BCUT2D eigenvalue weighted by atomic mass is 10.1. The molecule has 0 aliphatic carbocycles. The van der Waals surface area contributed by atoms with Crippen molar-refractivity contribution in [2.45, 2.75) is 32.2 Å². The number of halogens is 1. The molecule has 25 heavy (non-hydrogen) atoms. The summed E-state index contributed by atoms with van der Waals surface area (Å²) >= 11 is 11.7. The Morgan fingerprint density at radius 1 is 1.32 bits per heavy atom. The van der Waals surface area contributed by atoms with Crippen molar-refractivity contribution >= 4 is 23.8 Å². The van der Waals surface area contributed by atoms with Crippen molar-refractivity contribution in [3.05, 3.63) is 46.7 Å². The molecule has 0 radical (unpaired) electrons. The summed E-state index contributed by atoms with van der Waals surface area (Å²) in [5.74, 6) is 0.841. The molecule has 0 saturated carbocycles. The van der Waals surface area contributed by atoms with E-state index in [1.165, 1.54) is 0 Å². The predicted molar refractivity (Wildman–Crippen MR) is 103 cm³/mol. The largest absolute Gasteiger partial charge is 0.381 e. The van der Waals surface area contributed by atoms with E-state index in [-0.39, 0.29) is 0 Å². The van der Waals surface area contributed by atoms with Gasteiger partial charge in [0.15, 0.2) is 10.6 Å². The van der Waals surface area contributed by atoms with Crippen molar-refractivity contribution in [2.75, 3.05) is 20.2 Å². The molecule has 134 valence electrons. The molecule has 0 atom stereocenters. The van der Waals surface area contributed by atoms with E-state index >= 15 is 0 Å². The lowest BCUT2D eigenvalue weighted by Crippen LogP contribution is -2.38. The van der Waals surface area contributed by atoms with Crippen molar-refractivity contribution in [3.63, 3.8) is 0 Å². The Balaban J connectivity index is 1.85. The van der Waals surface area contributed by atoms with Crippen LogP contribution >= 0.6 is 23.8 Å². The van der Waals surface area contributed by atoms with Gasteiger partial charge in [0.1, 0.15) is 0 Å². The zero-order valence-corrected chi connectivity index (χ0v) is 16.0. The number of nitrogens with zero attached hydrogens (tertiary/aromatic N) is 4. The minimum absolute atomic E-state index is 0.368. The van der Waals surface area contributed by atoms with E-state index in [1.54, 1.807) is 7.11 Å². The number of allylic oxidation sites excluding steroid dienone is 1. The summed E-state index contributed by atoms with van der Waals surface area (Å²) in [6.45, 7) is 7.14. The lowest BCUT2D eigenvalue weighted by Gasteiger charge is -2.30. The molecule has 1 aromatic carbocycles. The van der Waals surface area contributed by atoms with Crippen LogP contribution in [0.3, 0.4) is 0 Å². The highest BCUT2D eigenvalue weighted by atomic mass is 35.5. The Morgan fingerprint density at radius 2 is 2.00 bits per heavy atom. The van der Waals surface area contributed by atoms with Gasteiger partial charge in [0.05, 0.1) is 12.8 Å². The smallest absolute Gasteiger partial charge is 0.199 e. The fourth-order valence-electron chi connectivity index (χ4n) is 3.12. The minimum atomic E-state index is 0.368. The van der Waals surface area contributed by atoms with Gasteiger partial charge in [0.25, 0.3) is 0 Å². The third-order valence-electron chi connectivity index (χ3n) is 4.54. The topological polar surface area (TPSA) is 35.2 Å². The maximum absolute atomic E-state index is 6.00. The van der Waals surface area contributed by atoms with E-state index in [2.05, 4.69) is 11.5 Å². The molecular weight excluding hydrogens is 356 g/mol. The van der Waals surface area contributed by atoms with Crippen LogP contribution in [0.25, 0.3) is 11.4 Å². The summed E-state index contributed by atoms with van der Waals surface area (Å²) in [5.41, 5.74) is 0.995. The number of benzene rings is 1. The maximum Gasteiger partial charge on any atom is 0.199 e. The van der Waals surface area contributed by atoms with Crippen LogP contribution in [0.1, 0.15) is 12.8 Å². The molecule has 0 bridgehead atoms. The van der Waals surface area contributed by atoms with Crippen LogP contribution in [-0.2, 0) is 18.0 Å². The highest BCUT2D eigenvalue weighted by Crippen LogP contribution is 2.22. The molecule has 1 fully saturated rings. The molecule has 0 amide bonds. The highest BCUT2D eigenvalue weighted by molar-refractivity contribution is 7.71. The second-order valence-electron chi connectivity index (χ2n) is 6.21. The zero-order valence-electron chi connectivity index (χ0n) is 14.4. The van der Waals surface area contributed by atoms with Gasteiger partial charge < -0.3 is 4.74 Å². The first-order chi connectivity index (χ1) is 12.1. The monoisotopic (exact) mass is 378 g/mol. The average Bonchev–Trinajstić information content (AvgIpc) is 2.93. The van der Waals surface area contributed by atoms with Crippen LogP contribution in [0.15, 0.2) is 36.9 Å². The molecule has 0 unspecified atom stereocenters. The van der Waals surface area contributed by atoms with Crippen molar-refractivity contribution in [1.82, 2.24) is 19.2 Å². The van der Waals surface area contributed by atoms with Crippen LogP contribution in [0.4, 0.5) is 0 Å². The van der Waals surface area contributed by atoms with Crippen molar-refractivity contribution in [1.29, 1.82) is 0 Å². The SMILES string of the molecule is C=CCn1c(-c2ccc(Cl)cc2)nn(CN2CCC(OC)CC2)c1=S. The number of hydrogen-bond donors (Lipinski definition) is 0. The molecule has 1 aromatic heterocycles. The Kier molecular flexibility index (Phi) is 6.06. The summed E-state index contributed by atoms with van der Waals surface area (Å²) in [5, 5.41) is 5.48. The third kappa shape index (κ3) is 4.20. The molecule has 1 aliphatic rings. The first-order valence-electron chi connectivity index (χ1n) is 8.42. The van der Waals surface area contributed by atoms with Gasteiger partial charge in [-0.3, -0.25) is 9.47 Å². The molecule has 1 saturated heterocycles. The van der Waals surface area contributed by atoms with Crippen molar-refractivity contribution in [3.8, 4) is 11.4 Å². The van der Waals surface area contributed by atoms with E-state index in [4.69, 9.17) is 33.7 Å². The highest BCUT2D eigenvalue weighted by Gasteiger charge is 2.20. The van der Waals surface area contributed by atoms with Crippen molar-refractivity contribution < 1.29 is 4.74 Å². The maximum atomic E-state index is 6.00. The Labute approximate surface area is 158 Å². The van der Waals surface area contributed by atoms with Gasteiger partial charge in [-0.15, -0.1) is 6.58 Å². The van der Waals surface area contributed by atoms with E-state index in [0.717, 1.165) is 37.3 Å². The van der Waals surface area contributed by atoms with E-state index in [0.29, 0.717) is 29.1 Å². The molecule has 2 heterocycles. The van der Waals surface area contributed by atoms with Crippen LogP contribution in [0, 0.1) is 4.77 Å². The number of rotatable bonds is 6. The standard InChI is InChI=1S/C18H23ClN4OS/c1-3-10-22-17(14-4-6-15(19)7-5-14)20-23(18(22)25)13-21-11-8-16(24-2)9-12-21/h3-7,16H,1,8-13H2,2H3. The predicted octanol–water partition coefficient (Wildman–Crippen LogP) is 3.99. The molecule has 3 rings (SSSR count). The Hall–Kier alpha value is -1.47. The quantitative estimate of drug-likeness (QED) is 0.562. The molecule has 7 heteroatoms. The van der Waals surface area contributed by atoms with Crippen LogP contribution in [0.5, 0.6) is 0 Å². The summed E-state index contributed by atoms with van der Waals surface area (Å²) in [4.78, 5) is 2.36. The molecule has 0 spiro atoms. The van der Waals surface area contributed by atoms with Crippen molar-refractivity contribution in [2.24, 2.45) is 0 Å².